The van der Waals surface area contributed by atoms with E-state index in [0.717, 1.165) is 28.2 Å². The van der Waals surface area contributed by atoms with Crippen molar-refractivity contribution in [3.8, 4) is 0 Å². The van der Waals surface area contributed by atoms with Crippen molar-refractivity contribution in [3.05, 3.63) is 71.2 Å². The summed E-state index contributed by atoms with van der Waals surface area (Å²) in [7, 11) is 2.09. The van der Waals surface area contributed by atoms with Gasteiger partial charge in [-0.05, 0) is 72.0 Å². The third-order valence-electron chi connectivity index (χ3n) is 7.03. The Kier molecular flexibility index (Phi) is 3.77. The van der Waals surface area contributed by atoms with Gasteiger partial charge in [0.15, 0.2) is 6.20 Å². The van der Waals surface area contributed by atoms with Gasteiger partial charge < -0.3 is 4.40 Å². The predicted octanol–water partition coefficient (Wildman–Crippen LogP) is 7.16. The van der Waals surface area contributed by atoms with Crippen molar-refractivity contribution >= 4 is 49.0 Å². The van der Waals surface area contributed by atoms with Crippen LogP contribution in [0.3, 0.4) is 0 Å². The van der Waals surface area contributed by atoms with Crippen LogP contribution in [0.1, 0.15) is 37.5 Å². The van der Waals surface area contributed by atoms with E-state index in [0.29, 0.717) is 0 Å². The summed E-state index contributed by atoms with van der Waals surface area (Å²) >= 11 is 0. The molecule has 0 aliphatic heterocycles. The largest absolute Gasteiger partial charge is 0.307 e. The van der Waals surface area contributed by atoms with Gasteiger partial charge in [0.05, 0.1) is 27.3 Å². The molecule has 0 saturated carbocycles. The summed E-state index contributed by atoms with van der Waals surface area (Å²) in [6.07, 6.45) is 3.05. The Hall–Kier alpha value is -3.20. The molecule has 0 amide bonds. The molecule has 3 aromatic carbocycles. The monoisotopic (exact) mass is 423 g/mol. The zero-order valence-corrected chi connectivity index (χ0v) is 19.6. The average molecular weight is 424 g/mol. The van der Waals surface area contributed by atoms with E-state index >= 15 is 0 Å². The lowest BCUT2D eigenvalue weighted by molar-refractivity contribution is -0.643. The number of aromatic nitrogens is 2. The van der Waals surface area contributed by atoms with E-state index in [1.807, 2.05) is 12.3 Å². The maximum Gasteiger partial charge on any atom is 0.224 e. The van der Waals surface area contributed by atoms with Gasteiger partial charge in [0.2, 0.25) is 5.52 Å². The highest BCUT2D eigenvalue weighted by Gasteiger charge is 2.25. The Labute approximate surface area is 187 Å². The van der Waals surface area contributed by atoms with E-state index in [1.165, 1.54) is 43.9 Å². The Balaban J connectivity index is 1.96. The Morgan fingerprint density at radius 3 is 2.44 bits per heavy atom. The Morgan fingerprint density at radius 1 is 0.906 bits per heavy atom. The van der Waals surface area contributed by atoms with Crippen molar-refractivity contribution < 1.29 is 8.96 Å². The second kappa shape index (κ2) is 6.19. The lowest BCUT2D eigenvalue weighted by Crippen LogP contribution is -2.29. The van der Waals surface area contributed by atoms with Crippen LogP contribution in [-0.2, 0) is 13.5 Å². The second-order valence-electron chi connectivity index (χ2n) is 10.7. The van der Waals surface area contributed by atoms with Gasteiger partial charge in [-0.25, -0.2) is 8.96 Å². The van der Waals surface area contributed by atoms with E-state index in [2.05, 4.69) is 74.9 Å². The molecule has 0 saturated heterocycles. The van der Waals surface area contributed by atoms with Gasteiger partial charge in [-0.2, -0.15) is 0 Å². The number of benzene rings is 3. The molecule has 6 aromatic rings. The number of nitrogens with zero attached hydrogens (tertiary/aromatic N) is 2. The van der Waals surface area contributed by atoms with Gasteiger partial charge in [-0.1, -0.05) is 32.9 Å². The summed E-state index contributed by atoms with van der Waals surface area (Å²) in [5.41, 5.74) is 8.56. The number of pyridine rings is 2. The van der Waals surface area contributed by atoms with E-state index < -0.39 is 0 Å². The molecule has 0 radical (unpaired) electrons. The zero-order chi connectivity index (χ0) is 22.5. The van der Waals surface area contributed by atoms with Crippen LogP contribution in [-0.4, -0.2) is 4.40 Å². The average Bonchev–Trinajstić information content (AvgIpc) is 3.02. The van der Waals surface area contributed by atoms with E-state index in [-0.39, 0.29) is 11.2 Å². The molecule has 0 spiro atoms. The molecule has 0 fully saturated rings. The molecule has 160 valence electrons. The van der Waals surface area contributed by atoms with Gasteiger partial charge in [-0.15, -0.1) is 0 Å². The molecule has 0 aliphatic rings. The minimum absolute atomic E-state index is 0.194. The molecule has 3 aromatic heterocycles. The van der Waals surface area contributed by atoms with Crippen molar-refractivity contribution in [2.45, 2.75) is 41.0 Å². The van der Waals surface area contributed by atoms with Gasteiger partial charge in [0.25, 0.3) is 0 Å². The molecule has 32 heavy (non-hydrogen) atoms. The maximum absolute atomic E-state index is 14.8. The molecule has 0 aliphatic carbocycles. The fraction of sp³-hybridized carbons (Fsp3) is 0.276. The summed E-state index contributed by atoms with van der Waals surface area (Å²) in [5.74, 6) is -0.194. The minimum Gasteiger partial charge on any atom is -0.307 e. The van der Waals surface area contributed by atoms with Crippen LogP contribution >= 0.6 is 0 Å². The Bertz CT molecular complexity index is 1710. The van der Waals surface area contributed by atoms with Crippen LogP contribution in [0.5, 0.6) is 0 Å². The van der Waals surface area contributed by atoms with Crippen LogP contribution in [0, 0.1) is 25.1 Å². The van der Waals surface area contributed by atoms with Crippen molar-refractivity contribution in [1.29, 1.82) is 0 Å². The van der Waals surface area contributed by atoms with E-state index in [1.54, 1.807) is 12.1 Å². The van der Waals surface area contributed by atoms with Crippen molar-refractivity contribution in [2.75, 3.05) is 0 Å². The fourth-order valence-electron chi connectivity index (χ4n) is 5.64. The van der Waals surface area contributed by atoms with Crippen molar-refractivity contribution in [3.63, 3.8) is 0 Å². The summed E-state index contributed by atoms with van der Waals surface area (Å²) in [4.78, 5) is 0. The molecule has 0 N–H and O–H groups in total. The molecule has 3 heterocycles. The Morgan fingerprint density at radius 2 is 1.69 bits per heavy atom. The van der Waals surface area contributed by atoms with Gasteiger partial charge >= 0.3 is 0 Å². The quantitative estimate of drug-likeness (QED) is 0.151. The predicted molar refractivity (Wildman–Crippen MR) is 132 cm³/mol. The maximum atomic E-state index is 14.8. The van der Waals surface area contributed by atoms with Gasteiger partial charge in [0, 0.05) is 16.8 Å². The lowest BCUT2D eigenvalue weighted by atomic mass is 9.88. The van der Waals surface area contributed by atoms with Crippen LogP contribution in [0.25, 0.3) is 49.0 Å². The first-order chi connectivity index (χ1) is 15.1. The highest BCUT2D eigenvalue weighted by molar-refractivity contribution is 6.26. The smallest absolute Gasteiger partial charge is 0.224 e. The molecule has 0 atom stereocenters. The topological polar surface area (TPSA) is 8.29 Å². The zero-order valence-electron chi connectivity index (χ0n) is 19.6. The molecule has 0 unspecified atom stereocenters. The second-order valence-corrected chi connectivity index (χ2v) is 10.7. The first-order valence-electron chi connectivity index (χ1n) is 11.3. The SMILES string of the molecule is Cc1cc2c3ccc(CC(C)(C)C)cc3n3c4cc(F)cc5cc[n+](C)c(c(c1C)c23)c54. The minimum atomic E-state index is -0.194. The molecular weight excluding hydrogens is 395 g/mol. The van der Waals surface area contributed by atoms with Crippen LogP contribution in [0.15, 0.2) is 48.7 Å². The number of hydrogen-bond acceptors (Lipinski definition) is 0. The highest BCUT2D eigenvalue weighted by Crippen LogP contribution is 2.42. The third-order valence-corrected chi connectivity index (χ3v) is 7.03. The van der Waals surface area contributed by atoms with Gasteiger partial charge in [-0.3, -0.25) is 0 Å². The molecule has 6 rings (SSSR count). The van der Waals surface area contributed by atoms with Crippen LogP contribution in [0.2, 0.25) is 0 Å². The van der Waals surface area contributed by atoms with Crippen LogP contribution in [0.4, 0.5) is 4.39 Å². The summed E-state index contributed by atoms with van der Waals surface area (Å²) < 4.78 is 19.3. The summed E-state index contributed by atoms with van der Waals surface area (Å²) in [5, 5.41) is 5.81. The molecule has 0 bridgehead atoms. The first-order valence-corrected chi connectivity index (χ1v) is 11.3. The first kappa shape index (κ1) is 19.5. The number of fused-ring (bicyclic) bond motifs is 5. The number of aryl methyl sites for hydroxylation is 3. The third kappa shape index (κ3) is 2.54. The van der Waals surface area contributed by atoms with Crippen molar-refractivity contribution in [2.24, 2.45) is 12.5 Å². The van der Waals surface area contributed by atoms with E-state index in [9.17, 15) is 4.39 Å². The van der Waals surface area contributed by atoms with Gasteiger partial charge in [0.1, 0.15) is 12.9 Å². The molecule has 2 nitrogen and oxygen atoms in total. The molecular formula is C29H28FN2+. The molecule has 3 heteroatoms. The summed E-state index contributed by atoms with van der Waals surface area (Å²) in [6, 6.07) is 14.5. The lowest BCUT2D eigenvalue weighted by Gasteiger charge is -2.18. The fourth-order valence-corrected chi connectivity index (χ4v) is 5.64. The number of halogens is 1. The highest BCUT2D eigenvalue weighted by atomic mass is 19.1. The normalized spacial score (nSPS) is 13.0. The van der Waals surface area contributed by atoms with Crippen molar-refractivity contribution in [1.82, 2.24) is 4.40 Å². The van der Waals surface area contributed by atoms with E-state index in [4.69, 9.17) is 0 Å². The standard InChI is InChI=1S/C29H28FN2/c1-16-11-22-21-8-7-18(15-29(3,4)5)12-23(21)32-24-14-20(30)13-19-9-10-31(6)28(26(19)24)25(17(16)2)27(22)32/h7-14H,15H2,1-6H3/q+1. The number of hydrogen-bond donors (Lipinski definition) is 0. The number of rotatable bonds is 1. The van der Waals surface area contributed by atoms with Crippen LogP contribution < -0.4 is 4.57 Å². The summed E-state index contributed by atoms with van der Waals surface area (Å²) in [6.45, 7) is 11.2.